The van der Waals surface area contributed by atoms with Gasteiger partial charge in [0.15, 0.2) is 11.3 Å². The van der Waals surface area contributed by atoms with E-state index in [-0.39, 0.29) is 16.5 Å². The summed E-state index contributed by atoms with van der Waals surface area (Å²) in [4.78, 5) is 40.0. The van der Waals surface area contributed by atoms with E-state index in [9.17, 15) is 14.4 Å². The van der Waals surface area contributed by atoms with Crippen molar-refractivity contribution in [1.29, 1.82) is 0 Å². The van der Waals surface area contributed by atoms with Crippen LogP contribution in [0.4, 0.5) is 4.79 Å². The number of ether oxygens (including phenoxy) is 1. The van der Waals surface area contributed by atoms with Crippen LogP contribution in [0, 0.1) is 0 Å². The molecule has 0 spiro atoms. The van der Waals surface area contributed by atoms with Gasteiger partial charge in [-0.2, -0.15) is 0 Å². The number of hydrogen-bond donors (Lipinski definition) is 0. The van der Waals surface area contributed by atoms with Gasteiger partial charge in [0.05, 0.1) is 11.1 Å². The second kappa shape index (κ2) is 6.25. The van der Waals surface area contributed by atoms with Crippen LogP contribution in [0.25, 0.3) is 10.9 Å². The first kappa shape index (κ1) is 17.0. The summed E-state index contributed by atoms with van der Waals surface area (Å²) in [5.74, 6) is -0.336. The average Bonchev–Trinajstić information content (AvgIpc) is 3.17. The van der Waals surface area contributed by atoms with Crippen LogP contribution < -0.4 is 0 Å². The molecule has 3 rings (SSSR count). The van der Waals surface area contributed by atoms with Crippen LogP contribution in [-0.2, 0) is 4.74 Å². The number of carbonyl (C=O) groups excluding carboxylic acids is 3. The third-order valence-corrected chi connectivity index (χ3v) is 4.24. The zero-order valence-corrected chi connectivity index (χ0v) is 14.8. The second-order valence-electron chi connectivity index (χ2n) is 6.43. The highest BCUT2D eigenvalue weighted by molar-refractivity contribution is 7.12. The topological polar surface area (TPSA) is 78.3 Å². The molecule has 128 valence electrons. The summed E-state index contributed by atoms with van der Waals surface area (Å²) in [6.07, 6.45) is 1.50. The Kier molecular flexibility index (Phi) is 4.26. The Bertz CT molecular complexity index is 979. The van der Waals surface area contributed by atoms with Crippen molar-refractivity contribution in [3.8, 4) is 0 Å². The Morgan fingerprint density at radius 1 is 1.24 bits per heavy atom. The lowest BCUT2D eigenvalue weighted by Crippen LogP contribution is -2.26. The van der Waals surface area contributed by atoms with Crippen molar-refractivity contribution in [3.63, 3.8) is 0 Å². The molecule has 0 aliphatic carbocycles. The lowest BCUT2D eigenvalue weighted by molar-refractivity contribution is 0.0544. The Labute approximate surface area is 148 Å². The quantitative estimate of drug-likeness (QED) is 0.525. The van der Waals surface area contributed by atoms with Gasteiger partial charge in [-0.15, -0.1) is 11.3 Å². The molecule has 0 unspecified atom stereocenters. The van der Waals surface area contributed by atoms with Gasteiger partial charge < -0.3 is 4.74 Å². The van der Waals surface area contributed by atoms with Crippen LogP contribution in [0.1, 0.15) is 46.6 Å². The highest BCUT2D eigenvalue weighted by Gasteiger charge is 2.24. The van der Waals surface area contributed by atoms with Crippen molar-refractivity contribution in [2.45, 2.75) is 26.4 Å². The summed E-state index contributed by atoms with van der Waals surface area (Å²) in [6, 6.07) is 7.08. The Morgan fingerprint density at radius 3 is 2.60 bits per heavy atom. The molecule has 2 aromatic heterocycles. The van der Waals surface area contributed by atoms with Crippen LogP contribution in [-0.4, -0.2) is 33.3 Å². The molecular weight excluding hydrogens is 340 g/mol. The molecule has 1 aromatic carbocycles. The number of rotatable bonds is 3. The van der Waals surface area contributed by atoms with Crippen molar-refractivity contribution in [3.05, 3.63) is 52.1 Å². The van der Waals surface area contributed by atoms with E-state index in [4.69, 9.17) is 4.74 Å². The number of thiazole rings is 1. The van der Waals surface area contributed by atoms with Crippen LogP contribution in [0.3, 0.4) is 0 Å². The van der Waals surface area contributed by atoms with Gasteiger partial charge in [0.1, 0.15) is 11.3 Å². The summed E-state index contributed by atoms with van der Waals surface area (Å²) in [5.41, 5.74) is 0.477. The molecule has 0 saturated carbocycles. The normalized spacial score (nSPS) is 11.5. The predicted octanol–water partition coefficient (Wildman–Crippen LogP) is 3.92. The number of ketones is 1. The maximum atomic E-state index is 12.8. The van der Waals surface area contributed by atoms with Crippen LogP contribution >= 0.6 is 11.3 Å². The Balaban J connectivity index is 2.09. The fourth-order valence-corrected chi connectivity index (χ4v) is 3.10. The molecule has 0 amide bonds. The van der Waals surface area contributed by atoms with E-state index < -0.39 is 11.7 Å². The first-order chi connectivity index (χ1) is 11.8. The van der Waals surface area contributed by atoms with E-state index >= 15 is 0 Å². The van der Waals surface area contributed by atoms with E-state index in [0.29, 0.717) is 22.8 Å². The van der Waals surface area contributed by atoms with Gasteiger partial charge in [-0.3, -0.25) is 14.2 Å². The van der Waals surface area contributed by atoms with Crippen molar-refractivity contribution < 1.29 is 19.1 Å². The van der Waals surface area contributed by atoms with Gasteiger partial charge in [-0.05, 0) is 26.8 Å². The van der Waals surface area contributed by atoms with Gasteiger partial charge in [-0.25, -0.2) is 9.78 Å². The zero-order valence-electron chi connectivity index (χ0n) is 14.0. The number of aromatic nitrogens is 2. The Morgan fingerprint density at radius 2 is 1.96 bits per heavy atom. The van der Waals surface area contributed by atoms with Crippen molar-refractivity contribution >= 4 is 40.4 Å². The van der Waals surface area contributed by atoms with Gasteiger partial charge in [0, 0.05) is 17.0 Å². The standard InChI is InChI=1S/C18H16N2O4S/c1-18(2,3)24-17(23)20-8-13(12-6-4-5-7-14(12)20)15(22)16-19-11(9-21)10-25-16/h4-10H,1-3H3. The number of benzene rings is 1. The first-order valence-corrected chi connectivity index (χ1v) is 8.47. The average molecular weight is 356 g/mol. The lowest BCUT2D eigenvalue weighted by atomic mass is 10.1. The van der Waals surface area contributed by atoms with E-state index in [1.807, 2.05) is 0 Å². The molecule has 7 heteroatoms. The van der Waals surface area contributed by atoms with Gasteiger partial charge >= 0.3 is 6.09 Å². The first-order valence-electron chi connectivity index (χ1n) is 7.59. The molecule has 2 heterocycles. The third-order valence-electron chi connectivity index (χ3n) is 3.38. The fraction of sp³-hybridized carbons (Fsp3) is 0.222. The summed E-state index contributed by atoms with van der Waals surface area (Å²) in [5, 5.41) is 2.35. The molecule has 0 atom stereocenters. The van der Waals surface area contributed by atoms with Crippen molar-refractivity contribution in [2.24, 2.45) is 0 Å². The number of aldehydes is 1. The maximum Gasteiger partial charge on any atom is 0.419 e. The molecule has 25 heavy (non-hydrogen) atoms. The lowest BCUT2D eigenvalue weighted by Gasteiger charge is -2.19. The molecule has 0 fully saturated rings. The van der Waals surface area contributed by atoms with Crippen molar-refractivity contribution in [1.82, 2.24) is 9.55 Å². The van der Waals surface area contributed by atoms with Gasteiger partial charge in [-0.1, -0.05) is 18.2 Å². The summed E-state index contributed by atoms with van der Waals surface area (Å²) in [7, 11) is 0. The van der Waals surface area contributed by atoms with Gasteiger partial charge in [0.2, 0.25) is 5.78 Å². The minimum atomic E-state index is -0.652. The molecular formula is C18H16N2O4S. The van der Waals surface area contributed by atoms with Crippen LogP contribution in [0.15, 0.2) is 35.8 Å². The monoisotopic (exact) mass is 356 g/mol. The number of hydrogen-bond acceptors (Lipinski definition) is 6. The SMILES string of the molecule is CC(C)(C)OC(=O)n1cc(C(=O)c2nc(C=O)cs2)c2ccccc21. The van der Waals surface area contributed by atoms with Gasteiger partial charge in [0.25, 0.3) is 0 Å². The molecule has 0 aliphatic heterocycles. The molecule has 3 aromatic rings. The smallest absolute Gasteiger partial charge is 0.419 e. The Hall–Kier alpha value is -2.80. The molecule has 0 aliphatic rings. The fourth-order valence-electron chi connectivity index (χ4n) is 2.38. The third kappa shape index (κ3) is 3.36. The minimum absolute atomic E-state index is 0.203. The predicted molar refractivity (Wildman–Crippen MR) is 94.5 cm³/mol. The number of carbonyl (C=O) groups is 3. The largest absolute Gasteiger partial charge is 0.443 e. The molecule has 0 bridgehead atoms. The van der Waals surface area contributed by atoms with Crippen LogP contribution in [0.5, 0.6) is 0 Å². The highest BCUT2D eigenvalue weighted by atomic mass is 32.1. The molecule has 6 nitrogen and oxygen atoms in total. The second-order valence-corrected chi connectivity index (χ2v) is 7.29. The number of para-hydroxylation sites is 1. The van der Waals surface area contributed by atoms with E-state index in [0.717, 1.165) is 11.3 Å². The molecule has 0 N–H and O–H groups in total. The van der Waals surface area contributed by atoms with Crippen LogP contribution in [0.2, 0.25) is 0 Å². The molecule has 0 radical (unpaired) electrons. The molecule has 0 saturated heterocycles. The maximum absolute atomic E-state index is 12.8. The number of nitrogens with zero attached hydrogens (tertiary/aromatic N) is 2. The summed E-state index contributed by atoms with van der Waals surface area (Å²) >= 11 is 1.10. The van der Waals surface area contributed by atoms with E-state index in [2.05, 4.69) is 4.98 Å². The summed E-state index contributed by atoms with van der Waals surface area (Å²) in [6.45, 7) is 5.33. The summed E-state index contributed by atoms with van der Waals surface area (Å²) < 4.78 is 6.73. The number of fused-ring (bicyclic) bond motifs is 1. The zero-order chi connectivity index (χ0) is 18.2. The minimum Gasteiger partial charge on any atom is -0.443 e. The highest BCUT2D eigenvalue weighted by Crippen LogP contribution is 2.26. The van der Waals surface area contributed by atoms with E-state index in [1.165, 1.54) is 16.1 Å². The van der Waals surface area contributed by atoms with E-state index in [1.54, 1.807) is 45.0 Å². The van der Waals surface area contributed by atoms with Crippen molar-refractivity contribution in [2.75, 3.05) is 0 Å².